The topological polar surface area (TPSA) is 65.6 Å². The van der Waals surface area contributed by atoms with E-state index in [9.17, 15) is 9.59 Å². The number of carbonyl (C=O) groups is 1. The van der Waals surface area contributed by atoms with Crippen LogP contribution in [0.1, 0.15) is 25.7 Å². The molecule has 0 N–H and O–H groups in total. The molecule has 0 aromatic carbocycles. The number of aromatic nitrogens is 3. The third-order valence-corrected chi connectivity index (χ3v) is 4.27. The average Bonchev–Trinajstić information content (AvgIpc) is 3.02. The first kappa shape index (κ1) is 13.8. The van der Waals surface area contributed by atoms with Gasteiger partial charge in [-0.1, -0.05) is 0 Å². The highest BCUT2D eigenvalue weighted by atomic mass is 32.1. The minimum absolute atomic E-state index is 0.278. The Morgan fingerprint density at radius 3 is 2.95 bits per heavy atom. The number of esters is 1. The van der Waals surface area contributed by atoms with Crippen molar-refractivity contribution in [2.45, 2.75) is 26.8 Å². The molecule has 0 spiro atoms. The van der Waals surface area contributed by atoms with Gasteiger partial charge in [-0.3, -0.25) is 9.20 Å². The maximum absolute atomic E-state index is 12.6. The van der Waals surface area contributed by atoms with Crippen LogP contribution in [0.3, 0.4) is 0 Å². The van der Waals surface area contributed by atoms with E-state index < -0.39 is 12.0 Å². The maximum atomic E-state index is 12.6. The van der Waals surface area contributed by atoms with E-state index in [1.807, 2.05) is 28.8 Å². The first-order valence-corrected chi connectivity index (χ1v) is 7.57. The molecule has 6 nitrogen and oxygen atoms in total. The Hall–Kier alpha value is -2.15. The summed E-state index contributed by atoms with van der Waals surface area (Å²) in [5.74, 6) is 0.207. The summed E-state index contributed by atoms with van der Waals surface area (Å²) in [7, 11) is 0. The Bertz CT molecular complexity index is 890. The first-order chi connectivity index (χ1) is 10.0. The predicted octanol–water partition coefficient (Wildman–Crippen LogP) is 2.14. The summed E-state index contributed by atoms with van der Waals surface area (Å²) in [5.41, 5.74) is 1.21. The number of thiophene rings is 1. The van der Waals surface area contributed by atoms with Crippen molar-refractivity contribution in [1.29, 1.82) is 0 Å². The molecule has 3 aromatic heterocycles. The second-order valence-electron chi connectivity index (χ2n) is 4.76. The number of ether oxygens (including phenoxy) is 1. The van der Waals surface area contributed by atoms with E-state index in [4.69, 9.17) is 4.74 Å². The molecule has 1 atom stereocenters. The monoisotopic (exact) mass is 305 g/mol. The van der Waals surface area contributed by atoms with Crippen molar-refractivity contribution in [2.75, 3.05) is 6.61 Å². The molecule has 3 aromatic rings. The van der Waals surface area contributed by atoms with Crippen molar-refractivity contribution in [3.8, 4) is 0 Å². The quantitative estimate of drug-likeness (QED) is 0.695. The van der Waals surface area contributed by atoms with Gasteiger partial charge in [-0.05, 0) is 38.3 Å². The van der Waals surface area contributed by atoms with Gasteiger partial charge in [0.1, 0.15) is 11.3 Å². The lowest BCUT2D eigenvalue weighted by atomic mass is 10.3. The number of nitrogens with zero attached hydrogens (tertiary/aromatic N) is 3. The molecule has 0 radical (unpaired) electrons. The molecule has 110 valence electrons. The van der Waals surface area contributed by atoms with E-state index in [1.165, 1.54) is 4.68 Å². The van der Waals surface area contributed by atoms with Gasteiger partial charge in [-0.15, -0.1) is 11.3 Å². The van der Waals surface area contributed by atoms with Crippen LogP contribution in [-0.4, -0.2) is 26.8 Å². The fourth-order valence-corrected chi connectivity index (χ4v) is 3.22. The van der Waals surface area contributed by atoms with Gasteiger partial charge < -0.3 is 4.74 Å². The van der Waals surface area contributed by atoms with E-state index in [0.717, 1.165) is 10.2 Å². The van der Waals surface area contributed by atoms with Gasteiger partial charge in [0.25, 0.3) is 5.56 Å². The van der Waals surface area contributed by atoms with Crippen LogP contribution < -0.4 is 5.56 Å². The number of hydrogen-bond donors (Lipinski definition) is 0. The highest BCUT2D eigenvalue weighted by Crippen LogP contribution is 2.24. The minimum atomic E-state index is -0.742. The van der Waals surface area contributed by atoms with Crippen molar-refractivity contribution in [3.63, 3.8) is 0 Å². The lowest BCUT2D eigenvalue weighted by Crippen LogP contribution is -2.33. The van der Waals surface area contributed by atoms with E-state index in [0.29, 0.717) is 11.3 Å². The summed E-state index contributed by atoms with van der Waals surface area (Å²) in [5, 5.41) is 6.25. The first-order valence-electron chi connectivity index (χ1n) is 6.69. The lowest BCUT2D eigenvalue weighted by Gasteiger charge is -2.14. The second kappa shape index (κ2) is 5.00. The third kappa shape index (κ3) is 2.04. The summed E-state index contributed by atoms with van der Waals surface area (Å²) in [6, 6.07) is 3.06. The number of aryl methyl sites for hydroxylation is 1. The van der Waals surface area contributed by atoms with Crippen molar-refractivity contribution >= 4 is 33.0 Å². The van der Waals surface area contributed by atoms with Crippen molar-refractivity contribution in [3.05, 3.63) is 33.7 Å². The molecule has 0 saturated heterocycles. The van der Waals surface area contributed by atoms with Gasteiger partial charge in [0.15, 0.2) is 6.04 Å². The largest absolute Gasteiger partial charge is 0.464 e. The Morgan fingerprint density at radius 2 is 2.24 bits per heavy atom. The van der Waals surface area contributed by atoms with Crippen LogP contribution in [0.15, 0.2) is 22.3 Å². The summed E-state index contributed by atoms with van der Waals surface area (Å²) in [6.07, 6.45) is 0. The molecule has 0 aliphatic carbocycles. The smallest absolute Gasteiger partial charge is 0.330 e. The van der Waals surface area contributed by atoms with Crippen molar-refractivity contribution < 1.29 is 9.53 Å². The molecular weight excluding hydrogens is 290 g/mol. The fourth-order valence-electron chi connectivity index (χ4n) is 2.42. The highest BCUT2D eigenvalue weighted by molar-refractivity contribution is 7.17. The number of rotatable bonds is 3. The summed E-state index contributed by atoms with van der Waals surface area (Å²) in [6.45, 7) is 5.45. The van der Waals surface area contributed by atoms with Gasteiger partial charge >= 0.3 is 5.97 Å². The van der Waals surface area contributed by atoms with Crippen LogP contribution in [0.2, 0.25) is 0 Å². The summed E-state index contributed by atoms with van der Waals surface area (Å²) >= 11 is 1.57. The number of carbonyl (C=O) groups excluding carboxylic acids is 1. The molecular formula is C14H15N3O3S. The van der Waals surface area contributed by atoms with Gasteiger partial charge in [0, 0.05) is 0 Å². The number of hydrogen-bond acceptors (Lipinski definition) is 5. The van der Waals surface area contributed by atoms with Crippen LogP contribution in [0.5, 0.6) is 0 Å². The van der Waals surface area contributed by atoms with E-state index in [2.05, 4.69) is 5.10 Å². The number of fused-ring (bicyclic) bond motifs is 3. The van der Waals surface area contributed by atoms with Crippen molar-refractivity contribution in [2.24, 2.45) is 0 Å². The highest BCUT2D eigenvalue weighted by Gasteiger charge is 2.21. The average molecular weight is 305 g/mol. The Balaban J connectivity index is 2.24. The molecule has 21 heavy (non-hydrogen) atoms. The molecule has 1 unspecified atom stereocenters. The van der Waals surface area contributed by atoms with Crippen LogP contribution >= 0.6 is 11.3 Å². The molecule has 0 fully saturated rings. The Labute approximate surface area is 124 Å². The van der Waals surface area contributed by atoms with Crippen LogP contribution in [-0.2, 0) is 9.53 Å². The van der Waals surface area contributed by atoms with Crippen LogP contribution in [0.25, 0.3) is 15.7 Å². The van der Waals surface area contributed by atoms with E-state index in [1.54, 1.807) is 25.2 Å². The minimum Gasteiger partial charge on any atom is -0.464 e. The molecule has 0 aliphatic rings. The molecule has 7 heteroatoms. The lowest BCUT2D eigenvalue weighted by molar-refractivity contribution is -0.147. The Kier molecular flexibility index (Phi) is 3.29. The molecule has 3 heterocycles. The SMILES string of the molecule is CCOC(=O)C(C)n1nc(C)n2c(cc3sccc32)c1=O. The second-order valence-corrected chi connectivity index (χ2v) is 5.71. The Morgan fingerprint density at radius 1 is 1.48 bits per heavy atom. The zero-order valence-electron chi connectivity index (χ0n) is 12.0. The fraction of sp³-hybridized carbons (Fsp3) is 0.357. The third-order valence-electron chi connectivity index (χ3n) is 3.42. The molecule has 0 saturated carbocycles. The standard InChI is InChI=1S/C14H15N3O3S/c1-4-20-14(19)8(2)17-13(18)11-7-12-10(5-6-21-12)16(11)9(3)15-17/h5-8H,4H2,1-3H3. The maximum Gasteiger partial charge on any atom is 0.330 e. The summed E-state index contributed by atoms with van der Waals surface area (Å²) < 4.78 is 9.01. The van der Waals surface area contributed by atoms with Crippen LogP contribution in [0, 0.1) is 6.92 Å². The summed E-state index contributed by atoms with van der Waals surface area (Å²) in [4.78, 5) is 24.4. The van der Waals surface area contributed by atoms with Gasteiger partial charge in [-0.25, -0.2) is 9.48 Å². The van der Waals surface area contributed by atoms with Crippen molar-refractivity contribution in [1.82, 2.24) is 14.2 Å². The normalized spacial score (nSPS) is 12.9. The molecule has 3 rings (SSSR count). The van der Waals surface area contributed by atoms with Gasteiger partial charge in [0.05, 0.1) is 16.8 Å². The molecule has 0 aliphatic heterocycles. The molecule has 0 amide bonds. The predicted molar refractivity (Wildman–Crippen MR) is 80.9 cm³/mol. The zero-order chi connectivity index (χ0) is 15.1. The molecule has 0 bridgehead atoms. The van der Waals surface area contributed by atoms with Gasteiger partial charge in [0.2, 0.25) is 0 Å². The van der Waals surface area contributed by atoms with Gasteiger partial charge in [-0.2, -0.15) is 5.10 Å². The van der Waals surface area contributed by atoms with E-state index >= 15 is 0 Å². The van der Waals surface area contributed by atoms with E-state index in [-0.39, 0.29) is 12.2 Å². The zero-order valence-corrected chi connectivity index (χ0v) is 12.8. The van der Waals surface area contributed by atoms with Crippen LogP contribution in [0.4, 0.5) is 0 Å².